The Morgan fingerprint density at radius 1 is 0.846 bits per heavy atom. The lowest BCUT2D eigenvalue weighted by atomic mass is 10.1. The summed E-state index contributed by atoms with van der Waals surface area (Å²) in [6, 6.07) is 2.73. The van der Waals surface area contributed by atoms with Gasteiger partial charge >= 0.3 is 0 Å². The normalized spacial score (nSPS) is 11.2. The molecule has 142 valence electrons. The van der Waals surface area contributed by atoms with Gasteiger partial charge in [0.25, 0.3) is 10.5 Å². The summed E-state index contributed by atoms with van der Waals surface area (Å²) < 4.78 is 11.0. The highest BCUT2D eigenvalue weighted by atomic mass is 35.5. The molecule has 0 aliphatic rings. The number of carbonyl (C=O) groups excluding carboxylic acids is 2. The molecule has 0 N–H and O–H groups in total. The van der Waals surface area contributed by atoms with Gasteiger partial charge in [0, 0.05) is 0 Å². The number of carbonyl (C=O) groups is 2. The summed E-state index contributed by atoms with van der Waals surface area (Å²) in [5.74, 6) is 0.313. The van der Waals surface area contributed by atoms with Crippen LogP contribution in [-0.2, 0) is 0 Å². The van der Waals surface area contributed by atoms with Crippen LogP contribution >= 0.6 is 23.2 Å². The third kappa shape index (κ3) is 7.63. The van der Waals surface area contributed by atoms with Crippen LogP contribution < -0.4 is 9.47 Å². The van der Waals surface area contributed by atoms with Crippen LogP contribution in [0.2, 0.25) is 0 Å². The van der Waals surface area contributed by atoms with E-state index in [1.54, 1.807) is 0 Å². The number of hydrogen-bond donors (Lipinski definition) is 0. The predicted molar refractivity (Wildman–Crippen MR) is 105 cm³/mol. The van der Waals surface area contributed by atoms with Crippen molar-refractivity contribution in [3.05, 3.63) is 47.9 Å². The van der Waals surface area contributed by atoms with E-state index in [2.05, 4.69) is 13.8 Å². The molecule has 0 bridgehead atoms. The van der Waals surface area contributed by atoms with Gasteiger partial charge in [0.15, 0.2) is 0 Å². The minimum absolute atomic E-state index is 0.102. The van der Waals surface area contributed by atoms with E-state index in [-0.39, 0.29) is 22.6 Å². The van der Waals surface area contributed by atoms with Crippen LogP contribution in [0, 0.1) is 0 Å². The number of ether oxygens (including phenoxy) is 2. The van der Waals surface area contributed by atoms with Crippen molar-refractivity contribution in [1.82, 2.24) is 0 Å². The second kappa shape index (κ2) is 12.6. The van der Waals surface area contributed by atoms with Gasteiger partial charge in [0.2, 0.25) is 0 Å². The Bertz CT molecular complexity index is 608. The van der Waals surface area contributed by atoms with Gasteiger partial charge in [-0.25, -0.2) is 0 Å². The highest BCUT2D eigenvalue weighted by molar-refractivity contribution is 6.69. The van der Waals surface area contributed by atoms with Crippen molar-refractivity contribution >= 4 is 33.7 Å². The maximum absolute atomic E-state index is 11.7. The van der Waals surface area contributed by atoms with E-state index in [4.69, 9.17) is 32.7 Å². The van der Waals surface area contributed by atoms with Crippen LogP contribution in [0.25, 0.3) is 0 Å². The Balaban J connectivity index is 3.06. The first-order valence-corrected chi connectivity index (χ1v) is 9.47. The largest absolute Gasteiger partial charge is 0.464 e. The van der Waals surface area contributed by atoms with Gasteiger partial charge in [0.1, 0.15) is 11.5 Å². The zero-order valence-corrected chi connectivity index (χ0v) is 16.6. The molecule has 1 aromatic carbocycles. The van der Waals surface area contributed by atoms with E-state index < -0.39 is 10.5 Å². The number of hydrogen-bond acceptors (Lipinski definition) is 4. The van der Waals surface area contributed by atoms with Crippen LogP contribution in [0.15, 0.2) is 36.8 Å². The Labute approximate surface area is 164 Å². The Hall–Kier alpha value is -1.78. The van der Waals surface area contributed by atoms with Crippen LogP contribution in [-0.4, -0.2) is 10.5 Å². The van der Waals surface area contributed by atoms with Crippen molar-refractivity contribution in [2.75, 3.05) is 0 Å². The van der Waals surface area contributed by atoms with Crippen LogP contribution in [0.4, 0.5) is 0 Å². The first kappa shape index (κ1) is 22.3. The van der Waals surface area contributed by atoms with Gasteiger partial charge in [-0.1, -0.05) is 26.7 Å². The molecule has 0 fully saturated rings. The topological polar surface area (TPSA) is 52.6 Å². The molecule has 0 aliphatic heterocycles. The molecule has 0 spiro atoms. The lowest BCUT2D eigenvalue weighted by Gasteiger charge is -2.11. The molecular formula is C20H24Cl2O4. The van der Waals surface area contributed by atoms with Crippen molar-refractivity contribution in [3.8, 4) is 11.5 Å². The second-order valence-corrected chi connectivity index (χ2v) is 6.34. The van der Waals surface area contributed by atoms with Gasteiger partial charge in [0.05, 0.1) is 23.7 Å². The van der Waals surface area contributed by atoms with Crippen molar-refractivity contribution in [3.63, 3.8) is 0 Å². The number of allylic oxidation sites excluding steroid dienone is 2. The molecule has 0 heterocycles. The maximum Gasteiger partial charge on any atom is 0.256 e. The van der Waals surface area contributed by atoms with Crippen molar-refractivity contribution < 1.29 is 19.1 Å². The molecule has 6 heteroatoms. The van der Waals surface area contributed by atoms with Gasteiger partial charge in [-0.2, -0.15) is 0 Å². The highest BCUT2D eigenvalue weighted by Gasteiger charge is 2.19. The molecule has 0 aliphatic carbocycles. The average molecular weight is 399 g/mol. The number of rotatable bonds is 12. The van der Waals surface area contributed by atoms with E-state index in [1.807, 2.05) is 12.2 Å². The van der Waals surface area contributed by atoms with Crippen LogP contribution in [0.1, 0.15) is 73.1 Å². The minimum Gasteiger partial charge on any atom is -0.464 e. The summed E-state index contributed by atoms with van der Waals surface area (Å²) in [5.41, 5.74) is 0.205. The minimum atomic E-state index is -0.713. The van der Waals surface area contributed by atoms with Gasteiger partial charge in [-0.3, -0.25) is 9.59 Å². The Morgan fingerprint density at radius 2 is 1.23 bits per heavy atom. The summed E-state index contributed by atoms with van der Waals surface area (Å²) in [6.07, 6.45) is 12.5. The molecule has 0 radical (unpaired) electrons. The third-order valence-electron chi connectivity index (χ3n) is 3.54. The third-order valence-corrected chi connectivity index (χ3v) is 3.94. The summed E-state index contributed by atoms with van der Waals surface area (Å²) in [4.78, 5) is 23.4. The van der Waals surface area contributed by atoms with E-state index in [1.165, 1.54) is 24.7 Å². The van der Waals surface area contributed by atoms with Gasteiger partial charge < -0.3 is 9.47 Å². The molecule has 0 aromatic heterocycles. The number of unbranched alkanes of at least 4 members (excludes halogenated alkanes) is 4. The quantitative estimate of drug-likeness (QED) is 0.225. The Kier molecular flexibility index (Phi) is 10.7. The second-order valence-electron chi connectivity index (χ2n) is 5.66. The Morgan fingerprint density at radius 3 is 1.54 bits per heavy atom. The molecule has 1 rings (SSSR count). The monoisotopic (exact) mass is 398 g/mol. The lowest BCUT2D eigenvalue weighted by Crippen LogP contribution is -2.02. The summed E-state index contributed by atoms with van der Waals surface area (Å²) in [6.45, 7) is 4.18. The molecule has 26 heavy (non-hydrogen) atoms. The number of halogens is 2. The van der Waals surface area contributed by atoms with Gasteiger partial charge in [-0.05, 0) is 73.2 Å². The van der Waals surface area contributed by atoms with E-state index in [0.717, 1.165) is 38.5 Å². The van der Waals surface area contributed by atoms with E-state index in [0.29, 0.717) is 0 Å². The summed E-state index contributed by atoms with van der Waals surface area (Å²) in [7, 11) is 0. The maximum atomic E-state index is 11.7. The molecule has 0 saturated heterocycles. The first-order chi connectivity index (χ1) is 12.5. The lowest BCUT2D eigenvalue weighted by molar-refractivity contribution is 0.106. The molecule has 1 aromatic rings. The fourth-order valence-electron chi connectivity index (χ4n) is 2.09. The van der Waals surface area contributed by atoms with E-state index >= 15 is 0 Å². The predicted octanol–water partition coefficient (Wildman–Crippen LogP) is 6.61. The zero-order chi connectivity index (χ0) is 19.4. The summed E-state index contributed by atoms with van der Waals surface area (Å²) >= 11 is 11.3. The van der Waals surface area contributed by atoms with Crippen LogP contribution in [0.5, 0.6) is 11.5 Å². The van der Waals surface area contributed by atoms with Crippen LogP contribution in [0.3, 0.4) is 0 Å². The van der Waals surface area contributed by atoms with E-state index in [9.17, 15) is 9.59 Å². The molecule has 4 nitrogen and oxygen atoms in total. The molecule has 0 unspecified atom stereocenters. The van der Waals surface area contributed by atoms with Crippen molar-refractivity contribution in [2.45, 2.75) is 52.4 Å². The highest BCUT2D eigenvalue weighted by Crippen LogP contribution is 2.32. The summed E-state index contributed by atoms with van der Waals surface area (Å²) in [5, 5.41) is -1.43. The van der Waals surface area contributed by atoms with Crippen molar-refractivity contribution in [1.29, 1.82) is 0 Å². The fraction of sp³-hybridized carbons (Fsp3) is 0.400. The molecular weight excluding hydrogens is 375 g/mol. The zero-order valence-electron chi connectivity index (χ0n) is 15.1. The molecule has 0 amide bonds. The average Bonchev–Trinajstić information content (AvgIpc) is 2.61. The molecule has 0 atom stereocenters. The number of benzene rings is 1. The fourth-order valence-corrected chi connectivity index (χ4v) is 2.38. The first-order valence-electron chi connectivity index (χ1n) is 8.72. The standard InChI is InChI=1S/C20H24Cl2O4/c1-3-5-7-9-11-25-17-13-16(20(22)24)18(14-15(17)19(21)23)26-12-10-8-6-4-2/h9-14H,3-8H2,1-2H3. The van der Waals surface area contributed by atoms with Gasteiger partial charge in [-0.15, -0.1) is 0 Å². The van der Waals surface area contributed by atoms with Crippen molar-refractivity contribution in [2.24, 2.45) is 0 Å². The smallest absolute Gasteiger partial charge is 0.256 e. The SMILES string of the molecule is CCCCC=COc1cc(C(=O)Cl)c(OC=CCCCC)cc1C(=O)Cl. The molecule has 0 saturated carbocycles.